The molecule has 28 heavy (non-hydrogen) atoms. The number of para-hydroxylation sites is 2. The highest BCUT2D eigenvalue weighted by atomic mass is 15.6. The molecule has 0 saturated heterocycles. The van der Waals surface area contributed by atoms with E-state index < -0.39 is 0 Å². The summed E-state index contributed by atoms with van der Waals surface area (Å²) in [5, 5.41) is 7.42. The molecule has 0 bridgehead atoms. The zero-order valence-corrected chi connectivity index (χ0v) is 16.8. The van der Waals surface area contributed by atoms with Gasteiger partial charge < -0.3 is 4.90 Å². The van der Waals surface area contributed by atoms with Gasteiger partial charge in [-0.05, 0) is 43.5 Å². The fraction of sp³-hybridized carbons (Fsp3) is 0.240. The Bertz CT molecular complexity index is 943. The Morgan fingerprint density at radius 3 is 2.00 bits per heavy atom. The maximum atomic E-state index is 5.18. The van der Waals surface area contributed by atoms with E-state index in [4.69, 9.17) is 5.10 Å². The maximum Gasteiger partial charge on any atom is 0.162 e. The van der Waals surface area contributed by atoms with Gasteiger partial charge in [0, 0.05) is 11.3 Å². The van der Waals surface area contributed by atoms with Gasteiger partial charge in [0.2, 0.25) is 0 Å². The molecule has 3 heteroatoms. The van der Waals surface area contributed by atoms with Crippen LogP contribution in [0.4, 0.5) is 11.4 Å². The largest absolute Gasteiger partial charge is 0.302 e. The lowest BCUT2D eigenvalue weighted by Gasteiger charge is -2.33. The number of nitrogens with zero attached hydrogens (tertiary/aromatic N) is 3. The van der Waals surface area contributed by atoms with Gasteiger partial charge in [0.15, 0.2) is 5.84 Å². The standard InChI is InChI=1S/C25H27N3/c1-4-12-23-27(22-17-9-6-10-18-22)25(21-15-7-5-8-16-21)26-28(23)24-19(2)13-11-14-20(24)3/h5-11,13-18,23H,4,12H2,1-3H3. The van der Waals surface area contributed by atoms with Gasteiger partial charge in [-0.2, -0.15) is 5.10 Å². The van der Waals surface area contributed by atoms with Crippen LogP contribution in [0.5, 0.6) is 0 Å². The van der Waals surface area contributed by atoms with Crippen molar-refractivity contribution in [2.45, 2.75) is 39.8 Å². The molecule has 3 nitrogen and oxygen atoms in total. The molecule has 0 fully saturated rings. The van der Waals surface area contributed by atoms with Gasteiger partial charge >= 0.3 is 0 Å². The van der Waals surface area contributed by atoms with E-state index in [1.165, 1.54) is 22.5 Å². The van der Waals surface area contributed by atoms with E-state index in [0.717, 1.165) is 24.2 Å². The third-order valence-electron chi connectivity index (χ3n) is 5.29. The summed E-state index contributed by atoms with van der Waals surface area (Å²) in [6, 6.07) is 27.6. The Hall–Kier alpha value is -3.07. The smallest absolute Gasteiger partial charge is 0.162 e. The molecule has 1 unspecified atom stereocenters. The van der Waals surface area contributed by atoms with Crippen LogP contribution < -0.4 is 9.91 Å². The summed E-state index contributed by atoms with van der Waals surface area (Å²) >= 11 is 0. The summed E-state index contributed by atoms with van der Waals surface area (Å²) in [7, 11) is 0. The van der Waals surface area contributed by atoms with E-state index in [1.807, 2.05) is 0 Å². The van der Waals surface area contributed by atoms with Crippen LogP contribution in [0, 0.1) is 13.8 Å². The molecule has 4 rings (SSSR count). The molecule has 1 aliphatic heterocycles. The Balaban J connectivity index is 1.90. The first kappa shape index (κ1) is 18.3. The lowest BCUT2D eigenvalue weighted by atomic mass is 10.1. The third kappa shape index (κ3) is 3.29. The first-order valence-corrected chi connectivity index (χ1v) is 10.0. The number of hydrogen-bond acceptors (Lipinski definition) is 3. The molecule has 3 aromatic carbocycles. The van der Waals surface area contributed by atoms with Crippen LogP contribution >= 0.6 is 0 Å². The summed E-state index contributed by atoms with van der Waals surface area (Å²) in [4.78, 5) is 2.39. The second-order valence-corrected chi connectivity index (χ2v) is 7.35. The van der Waals surface area contributed by atoms with Crippen molar-refractivity contribution in [1.29, 1.82) is 0 Å². The van der Waals surface area contributed by atoms with Gasteiger partial charge in [0.05, 0.1) is 5.69 Å². The van der Waals surface area contributed by atoms with Crippen molar-refractivity contribution in [2.75, 3.05) is 9.91 Å². The number of anilines is 2. The van der Waals surface area contributed by atoms with Gasteiger partial charge in [-0.25, -0.2) is 5.01 Å². The van der Waals surface area contributed by atoms with Crippen LogP contribution in [0.25, 0.3) is 0 Å². The highest BCUT2D eigenvalue weighted by molar-refractivity contribution is 6.12. The van der Waals surface area contributed by atoms with Crippen molar-refractivity contribution in [2.24, 2.45) is 5.10 Å². The predicted octanol–water partition coefficient (Wildman–Crippen LogP) is 6.12. The first-order valence-electron chi connectivity index (χ1n) is 10.0. The van der Waals surface area contributed by atoms with Crippen molar-refractivity contribution in [3.05, 3.63) is 95.6 Å². The highest BCUT2D eigenvalue weighted by Gasteiger charge is 2.37. The van der Waals surface area contributed by atoms with Crippen LogP contribution in [0.2, 0.25) is 0 Å². The first-order chi connectivity index (χ1) is 13.7. The predicted molar refractivity (Wildman–Crippen MR) is 119 cm³/mol. The van der Waals surface area contributed by atoms with E-state index >= 15 is 0 Å². The molecular formula is C25H27N3. The van der Waals surface area contributed by atoms with Gasteiger partial charge in [0.25, 0.3) is 0 Å². The zero-order chi connectivity index (χ0) is 19.5. The molecule has 0 N–H and O–H groups in total. The fourth-order valence-electron chi connectivity index (χ4n) is 4.01. The van der Waals surface area contributed by atoms with Gasteiger partial charge in [-0.1, -0.05) is 80.1 Å². The van der Waals surface area contributed by atoms with Crippen molar-refractivity contribution in [3.8, 4) is 0 Å². The van der Waals surface area contributed by atoms with Gasteiger partial charge in [0.1, 0.15) is 6.17 Å². The minimum Gasteiger partial charge on any atom is -0.302 e. The molecule has 0 spiro atoms. The van der Waals surface area contributed by atoms with Crippen LogP contribution in [0.3, 0.4) is 0 Å². The number of hydrogen-bond donors (Lipinski definition) is 0. The molecule has 0 aliphatic carbocycles. The third-order valence-corrected chi connectivity index (χ3v) is 5.29. The average Bonchev–Trinajstić information content (AvgIpc) is 3.08. The second-order valence-electron chi connectivity index (χ2n) is 7.35. The zero-order valence-electron chi connectivity index (χ0n) is 16.8. The van der Waals surface area contributed by atoms with E-state index in [-0.39, 0.29) is 6.17 Å². The Labute approximate surface area is 167 Å². The molecule has 0 amide bonds. The molecule has 0 radical (unpaired) electrons. The topological polar surface area (TPSA) is 18.8 Å². The quantitative estimate of drug-likeness (QED) is 0.540. The molecule has 0 saturated carbocycles. The van der Waals surface area contributed by atoms with Crippen molar-refractivity contribution >= 4 is 17.2 Å². The average molecular weight is 370 g/mol. The second kappa shape index (κ2) is 7.89. The summed E-state index contributed by atoms with van der Waals surface area (Å²) in [5.74, 6) is 1.01. The number of aryl methyl sites for hydroxylation is 2. The summed E-state index contributed by atoms with van der Waals surface area (Å²) in [6.07, 6.45) is 2.28. The normalized spacial score (nSPS) is 16.4. The van der Waals surface area contributed by atoms with E-state index in [1.54, 1.807) is 0 Å². The Kier molecular flexibility index (Phi) is 5.16. The molecule has 3 aromatic rings. The SMILES string of the molecule is CCCC1N(c2c(C)cccc2C)N=C(c2ccccc2)N1c1ccccc1. The van der Waals surface area contributed by atoms with Crippen LogP contribution in [0.1, 0.15) is 36.5 Å². The van der Waals surface area contributed by atoms with Crippen molar-refractivity contribution < 1.29 is 0 Å². The fourth-order valence-corrected chi connectivity index (χ4v) is 4.01. The summed E-state index contributed by atoms with van der Waals surface area (Å²) in [5.41, 5.74) is 6.05. The minimum absolute atomic E-state index is 0.155. The van der Waals surface area contributed by atoms with Crippen molar-refractivity contribution in [1.82, 2.24) is 0 Å². The van der Waals surface area contributed by atoms with E-state index in [9.17, 15) is 0 Å². The van der Waals surface area contributed by atoms with E-state index in [0.29, 0.717) is 0 Å². The Morgan fingerprint density at radius 1 is 0.786 bits per heavy atom. The van der Waals surface area contributed by atoms with Crippen LogP contribution in [-0.4, -0.2) is 12.0 Å². The van der Waals surface area contributed by atoms with E-state index in [2.05, 4.69) is 110 Å². The highest BCUT2D eigenvalue weighted by Crippen LogP contribution is 2.36. The summed E-state index contributed by atoms with van der Waals surface area (Å²) < 4.78 is 0. The van der Waals surface area contributed by atoms with Gasteiger partial charge in [-0.3, -0.25) is 0 Å². The molecule has 1 heterocycles. The number of rotatable bonds is 5. The minimum atomic E-state index is 0.155. The summed E-state index contributed by atoms with van der Waals surface area (Å²) in [6.45, 7) is 6.59. The number of hydrazone groups is 1. The number of benzene rings is 3. The lowest BCUT2D eigenvalue weighted by Crippen LogP contribution is -2.43. The maximum absolute atomic E-state index is 5.18. The molecule has 1 atom stereocenters. The molecule has 1 aliphatic rings. The number of amidine groups is 1. The Morgan fingerprint density at radius 2 is 1.39 bits per heavy atom. The lowest BCUT2D eigenvalue weighted by molar-refractivity contribution is 0.593. The molecule has 142 valence electrons. The van der Waals surface area contributed by atoms with Crippen LogP contribution in [-0.2, 0) is 0 Å². The molecule has 0 aromatic heterocycles. The van der Waals surface area contributed by atoms with Crippen LogP contribution in [0.15, 0.2) is 84.0 Å². The molecular weight excluding hydrogens is 342 g/mol. The van der Waals surface area contributed by atoms with Crippen molar-refractivity contribution in [3.63, 3.8) is 0 Å². The monoisotopic (exact) mass is 369 g/mol. The van der Waals surface area contributed by atoms with Gasteiger partial charge in [-0.15, -0.1) is 0 Å².